The molecule has 0 N–H and O–H groups in total. The Morgan fingerprint density at radius 2 is 1.83 bits per heavy atom. The average molecular weight is 392 g/mol. The average Bonchev–Trinajstić information content (AvgIpc) is 3.17. The number of nitriles is 1. The fourth-order valence-corrected chi connectivity index (χ4v) is 4.56. The molecule has 146 valence electrons. The molecule has 0 bridgehead atoms. The number of hydrogen-bond acceptors (Lipinski definition) is 4. The fourth-order valence-electron chi connectivity index (χ4n) is 4.56. The number of aromatic nitrogens is 1. The van der Waals surface area contributed by atoms with E-state index >= 15 is 0 Å². The van der Waals surface area contributed by atoms with Gasteiger partial charge >= 0.3 is 0 Å². The molecule has 1 aromatic heterocycles. The highest BCUT2D eigenvalue weighted by Crippen LogP contribution is 2.50. The Morgan fingerprint density at radius 3 is 2.60 bits per heavy atom. The standard InChI is InChI=1S/C26H20N2O2/c1-26(2)22-13-19(30-15-16-7-9-28-10-8-16)4-6-21(22)25(29)24-20-5-3-17(14-27)11-18(20)12-23(24)26/h3-11,13H,12,15H2,1-2H3. The molecular formula is C26H20N2O2. The van der Waals surface area contributed by atoms with Crippen LogP contribution in [0.4, 0.5) is 0 Å². The summed E-state index contributed by atoms with van der Waals surface area (Å²) in [4.78, 5) is 17.5. The van der Waals surface area contributed by atoms with Crippen LogP contribution < -0.4 is 4.74 Å². The quantitative estimate of drug-likeness (QED) is 0.628. The van der Waals surface area contributed by atoms with Crippen molar-refractivity contribution in [1.29, 1.82) is 5.26 Å². The molecule has 0 saturated carbocycles. The molecule has 0 saturated heterocycles. The van der Waals surface area contributed by atoms with E-state index < -0.39 is 0 Å². The minimum Gasteiger partial charge on any atom is -0.489 e. The molecule has 0 fully saturated rings. The third-order valence-corrected chi connectivity index (χ3v) is 6.22. The predicted molar refractivity (Wildman–Crippen MR) is 114 cm³/mol. The summed E-state index contributed by atoms with van der Waals surface area (Å²) in [7, 11) is 0. The summed E-state index contributed by atoms with van der Waals surface area (Å²) in [6.07, 6.45) is 4.19. The summed E-state index contributed by atoms with van der Waals surface area (Å²) in [5.74, 6) is 0.807. The van der Waals surface area contributed by atoms with Gasteiger partial charge in [0.15, 0.2) is 5.78 Å². The minimum absolute atomic E-state index is 0.0588. The predicted octanol–water partition coefficient (Wildman–Crippen LogP) is 5.02. The van der Waals surface area contributed by atoms with Crippen LogP contribution >= 0.6 is 0 Å². The summed E-state index contributed by atoms with van der Waals surface area (Å²) in [6, 6.07) is 17.4. The van der Waals surface area contributed by atoms with Crippen molar-refractivity contribution in [1.82, 2.24) is 4.98 Å². The van der Waals surface area contributed by atoms with Crippen molar-refractivity contribution in [2.24, 2.45) is 0 Å². The number of rotatable bonds is 3. The van der Waals surface area contributed by atoms with Crippen molar-refractivity contribution in [2.75, 3.05) is 0 Å². The van der Waals surface area contributed by atoms with Crippen LogP contribution in [0.5, 0.6) is 5.75 Å². The van der Waals surface area contributed by atoms with E-state index in [2.05, 4.69) is 24.9 Å². The van der Waals surface area contributed by atoms with Crippen LogP contribution in [0.25, 0.3) is 5.57 Å². The van der Waals surface area contributed by atoms with Crippen LogP contribution in [-0.2, 0) is 18.4 Å². The molecule has 5 rings (SSSR count). The topological polar surface area (TPSA) is 63.0 Å². The summed E-state index contributed by atoms with van der Waals surface area (Å²) in [6.45, 7) is 4.78. The molecule has 3 aromatic rings. The molecule has 1 heterocycles. The first kappa shape index (κ1) is 18.3. The molecule has 0 aliphatic heterocycles. The van der Waals surface area contributed by atoms with E-state index in [1.165, 1.54) is 0 Å². The Kier molecular flexibility index (Phi) is 4.08. The largest absolute Gasteiger partial charge is 0.489 e. The van der Waals surface area contributed by atoms with Crippen LogP contribution in [0.2, 0.25) is 0 Å². The first-order chi connectivity index (χ1) is 14.5. The van der Waals surface area contributed by atoms with Gasteiger partial charge in [-0.3, -0.25) is 9.78 Å². The molecule has 0 atom stereocenters. The maximum absolute atomic E-state index is 13.4. The molecule has 4 nitrogen and oxygen atoms in total. The van der Waals surface area contributed by atoms with Gasteiger partial charge in [0.1, 0.15) is 12.4 Å². The van der Waals surface area contributed by atoms with E-state index in [-0.39, 0.29) is 11.2 Å². The second-order valence-electron chi connectivity index (χ2n) is 8.32. The van der Waals surface area contributed by atoms with Crippen molar-refractivity contribution in [3.05, 3.63) is 99.9 Å². The minimum atomic E-state index is -0.305. The number of carbonyl (C=O) groups excluding carboxylic acids is 1. The number of allylic oxidation sites excluding steroid dienone is 2. The highest BCUT2D eigenvalue weighted by molar-refractivity contribution is 6.33. The molecule has 0 spiro atoms. The van der Waals surface area contributed by atoms with Crippen molar-refractivity contribution >= 4 is 11.4 Å². The lowest BCUT2D eigenvalue weighted by Gasteiger charge is -2.34. The Morgan fingerprint density at radius 1 is 1.07 bits per heavy atom. The molecule has 0 amide bonds. The van der Waals surface area contributed by atoms with Gasteiger partial charge in [0, 0.05) is 28.9 Å². The van der Waals surface area contributed by atoms with E-state index in [4.69, 9.17) is 4.74 Å². The number of fused-ring (bicyclic) bond motifs is 3. The Hall–Kier alpha value is -3.71. The van der Waals surface area contributed by atoms with E-state index in [9.17, 15) is 10.1 Å². The number of pyridine rings is 1. The van der Waals surface area contributed by atoms with Gasteiger partial charge in [-0.05, 0) is 76.7 Å². The van der Waals surface area contributed by atoms with Crippen LogP contribution in [0, 0.1) is 11.3 Å². The van der Waals surface area contributed by atoms with Gasteiger partial charge < -0.3 is 4.74 Å². The molecular weight excluding hydrogens is 372 g/mol. The van der Waals surface area contributed by atoms with Crippen LogP contribution in [0.3, 0.4) is 0 Å². The Bertz CT molecular complexity index is 1260. The molecule has 2 aliphatic rings. The molecule has 2 aliphatic carbocycles. The lowest BCUT2D eigenvalue weighted by molar-refractivity contribution is 0.105. The monoisotopic (exact) mass is 392 g/mol. The normalized spacial score (nSPS) is 15.8. The zero-order valence-corrected chi connectivity index (χ0v) is 16.9. The van der Waals surface area contributed by atoms with Gasteiger partial charge in [-0.25, -0.2) is 0 Å². The molecule has 30 heavy (non-hydrogen) atoms. The maximum atomic E-state index is 13.4. The second-order valence-corrected chi connectivity index (χ2v) is 8.32. The smallest absolute Gasteiger partial charge is 0.193 e. The number of Topliss-reactive ketones (excluding diaryl/α,β-unsaturated/α-hetero) is 1. The third kappa shape index (κ3) is 2.74. The summed E-state index contributed by atoms with van der Waals surface area (Å²) in [5.41, 5.74) is 7.03. The zero-order valence-electron chi connectivity index (χ0n) is 16.9. The lowest BCUT2D eigenvalue weighted by Crippen LogP contribution is -2.29. The molecule has 4 heteroatoms. The Balaban J connectivity index is 1.52. The van der Waals surface area contributed by atoms with Gasteiger partial charge in [0.05, 0.1) is 11.6 Å². The van der Waals surface area contributed by atoms with Crippen LogP contribution in [-0.4, -0.2) is 10.8 Å². The van der Waals surface area contributed by atoms with Crippen molar-refractivity contribution < 1.29 is 9.53 Å². The second kappa shape index (κ2) is 6.67. The lowest BCUT2D eigenvalue weighted by atomic mass is 9.68. The maximum Gasteiger partial charge on any atom is 0.193 e. The highest BCUT2D eigenvalue weighted by Gasteiger charge is 2.42. The SMILES string of the molecule is CC1(C)C2=C(C(=O)c3ccc(OCc4ccncc4)cc31)c1ccc(C#N)cc1C2. The molecule has 0 radical (unpaired) electrons. The van der Waals surface area contributed by atoms with Gasteiger partial charge in [0.2, 0.25) is 0 Å². The number of hydrogen-bond donors (Lipinski definition) is 0. The van der Waals surface area contributed by atoms with Gasteiger partial charge in [0.25, 0.3) is 0 Å². The number of benzene rings is 2. The number of ether oxygens (including phenoxy) is 1. The third-order valence-electron chi connectivity index (χ3n) is 6.22. The zero-order chi connectivity index (χ0) is 20.9. The summed E-state index contributed by atoms with van der Waals surface area (Å²) < 4.78 is 6.00. The van der Waals surface area contributed by atoms with E-state index in [0.29, 0.717) is 18.6 Å². The first-order valence-corrected chi connectivity index (χ1v) is 9.97. The van der Waals surface area contributed by atoms with Crippen LogP contribution in [0.1, 0.15) is 52.0 Å². The van der Waals surface area contributed by atoms with E-state index in [1.54, 1.807) is 18.5 Å². The van der Waals surface area contributed by atoms with E-state index in [1.807, 2.05) is 42.5 Å². The van der Waals surface area contributed by atoms with Gasteiger partial charge in [-0.2, -0.15) is 5.26 Å². The van der Waals surface area contributed by atoms with Gasteiger partial charge in [-0.15, -0.1) is 0 Å². The summed E-state index contributed by atoms with van der Waals surface area (Å²) in [5, 5.41) is 9.24. The van der Waals surface area contributed by atoms with Crippen molar-refractivity contribution in [3.8, 4) is 11.8 Å². The molecule has 2 aromatic carbocycles. The van der Waals surface area contributed by atoms with Crippen molar-refractivity contribution in [2.45, 2.75) is 32.3 Å². The van der Waals surface area contributed by atoms with Crippen molar-refractivity contribution in [3.63, 3.8) is 0 Å². The fraction of sp³-hybridized carbons (Fsp3) is 0.192. The first-order valence-electron chi connectivity index (χ1n) is 9.97. The highest BCUT2D eigenvalue weighted by atomic mass is 16.5. The van der Waals surface area contributed by atoms with Gasteiger partial charge in [-0.1, -0.05) is 19.9 Å². The summed E-state index contributed by atoms with van der Waals surface area (Å²) >= 11 is 0. The van der Waals surface area contributed by atoms with Crippen LogP contribution in [0.15, 0.2) is 66.5 Å². The Labute approximate surface area is 175 Å². The van der Waals surface area contributed by atoms with E-state index in [0.717, 1.165) is 44.7 Å². The number of carbonyl (C=O) groups is 1. The number of nitrogens with zero attached hydrogens (tertiary/aromatic N) is 2. The number of ketones is 1. The molecule has 0 unspecified atom stereocenters.